The maximum Gasteiger partial charge on any atom is 0.225 e. The zero-order chi connectivity index (χ0) is 19.4. The molecule has 0 unspecified atom stereocenters. The molecule has 1 atom stereocenters. The molecule has 0 saturated heterocycles. The third-order valence-corrected chi connectivity index (χ3v) is 4.81. The van der Waals surface area contributed by atoms with Crippen molar-refractivity contribution >= 4 is 23.2 Å². The number of oxime groups is 1. The molecule has 2 aromatic carbocycles. The monoisotopic (exact) mass is 388 g/mol. The minimum Gasteiger partial charge on any atom is -0.390 e. The number of carbonyl (C=O) groups excluding carboxylic acids is 1. The summed E-state index contributed by atoms with van der Waals surface area (Å²) < 4.78 is 13.4. The first-order valence-corrected chi connectivity index (χ1v) is 9.32. The molecule has 27 heavy (non-hydrogen) atoms. The molecular formula is C21H22ClFN2O2. The Morgan fingerprint density at radius 1 is 1.30 bits per heavy atom. The van der Waals surface area contributed by atoms with Crippen LogP contribution in [0, 0.1) is 11.7 Å². The molecule has 0 saturated carbocycles. The summed E-state index contributed by atoms with van der Waals surface area (Å²) in [5.41, 5.74) is 2.27. The molecule has 1 aliphatic heterocycles. The molecule has 1 aliphatic rings. The van der Waals surface area contributed by atoms with E-state index in [-0.39, 0.29) is 23.7 Å². The fourth-order valence-electron chi connectivity index (χ4n) is 3.04. The van der Waals surface area contributed by atoms with Crippen LogP contribution in [0.4, 0.5) is 4.39 Å². The molecule has 142 valence electrons. The van der Waals surface area contributed by atoms with Crippen LogP contribution in [0.15, 0.2) is 53.7 Å². The maximum absolute atomic E-state index is 13.4. The molecule has 0 aromatic heterocycles. The van der Waals surface area contributed by atoms with Crippen LogP contribution >= 0.6 is 11.6 Å². The van der Waals surface area contributed by atoms with Crippen molar-refractivity contribution in [3.63, 3.8) is 0 Å². The Hall–Kier alpha value is -2.40. The van der Waals surface area contributed by atoms with Crippen molar-refractivity contribution in [1.82, 2.24) is 4.90 Å². The van der Waals surface area contributed by atoms with E-state index >= 15 is 0 Å². The second-order valence-corrected chi connectivity index (χ2v) is 7.35. The van der Waals surface area contributed by atoms with Gasteiger partial charge in [-0.3, -0.25) is 4.79 Å². The number of benzene rings is 2. The third kappa shape index (κ3) is 4.86. The molecule has 0 radical (unpaired) electrons. The Morgan fingerprint density at radius 2 is 2.07 bits per heavy atom. The van der Waals surface area contributed by atoms with Crippen LogP contribution in [-0.2, 0) is 16.2 Å². The summed E-state index contributed by atoms with van der Waals surface area (Å²) in [5.74, 6) is -0.427. The highest BCUT2D eigenvalue weighted by Gasteiger charge is 2.28. The minimum absolute atomic E-state index is 0.0257. The first kappa shape index (κ1) is 19.4. The number of carbonyl (C=O) groups is 1. The van der Waals surface area contributed by atoms with Crippen LogP contribution in [0.5, 0.6) is 0 Å². The highest BCUT2D eigenvalue weighted by Crippen LogP contribution is 2.22. The fraction of sp³-hybridized carbons (Fsp3) is 0.333. The quantitative estimate of drug-likeness (QED) is 0.722. The maximum atomic E-state index is 13.4. The average Bonchev–Trinajstić information content (AvgIpc) is 3.11. The van der Waals surface area contributed by atoms with E-state index in [2.05, 4.69) is 5.16 Å². The van der Waals surface area contributed by atoms with E-state index in [0.717, 1.165) is 5.56 Å². The van der Waals surface area contributed by atoms with Crippen LogP contribution in [0.3, 0.4) is 0 Å². The largest absolute Gasteiger partial charge is 0.390 e. The highest BCUT2D eigenvalue weighted by molar-refractivity contribution is 6.31. The van der Waals surface area contributed by atoms with Gasteiger partial charge in [0, 0.05) is 29.5 Å². The Morgan fingerprint density at radius 3 is 2.78 bits per heavy atom. The third-order valence-electron chi connectivity index (χ3n) is 4.44. The molecule has 0 N–H and O–H groups in total. The van der Waals surface area contributed by atoms with E-state index in [1.165, 1.54) is 12.1 Å². The zero-order valence-electron chi connectivity index (χ0n) is 15.4. The molecule has 4 nitrogen and oxygen atoms in total. The molecule has 0 spiro atoms. The van der Waals surface area contributed by atoms with Crippen molar-refractivity contribution in [1.29, 1.82) is 0 Å². The Labute approximate surface area is 163 Å². The summed E-state index contributed by atoms with van der Waals surface area (Å²) in [6.07, 6.45) is 0.252. The van der Waals surface area contributed by atoms with Gasteiger partial charge >= 0.3 is 0 Å². The second kappa shape index (κ2) is 8.53. The van der Waals surface area contributed by atoms with Crippen molar-refractivity contribution in [2.75, 3.05) is 6.54 Å². The molecule has 6 heteroatoms. The molecule has 0 fully saturated rings. The van der Waals surface area contributed by atoms with Gasteiger partial charge in [0.15, 0.2) is 6.10 Å². The minimum atomic E-state index is -0.311. The predicted molar refractivity (Wildman–Crippen MR) is 104 cm³/mol. The Balaban J connectivity index is 1.70. The van der Waals surface area contributed by atoms with Gasteiger partial charge < -0.3 is 9.74 Å². The summed E-state index contributed by atoms with van der Waals surface area (Å²) in [6, 6.07) is 13.8. The van der Waals surface area contributed by atoms with Crippen LogP contribution in [-0.4, -0.2) is 29.2 Å². The lowest BCUT2D eigenvalue weighted by molar-refractivity contribution is -0.136. The van der Waals surface area contributed by atoms with Gasteiger partial charge in [0.05, 0.1) is 12.3 Å². The van der Waals surface area contributed by atoms with Gasteiger partial charge in [-0.2, -0.15) is 0 Å². The van der Waals surface area contributed by atoms with Gasteiger partial charge in [-0.15, -0.1) is 0 Å². The SMILES string of the molecule is CC(C)C(=O)N(Cc1ccccc1Cl)C[C@H]1CC(c2cccc(F)c2)=NO1. The van der Waals surface area contributed by atoms with Gasteiger partial charge in [-0.05, 0) is 23.8 Å². The van der Waals surface area contributed by atoms with Gasteiger partial charge in [-0.25, -0.2) is 4.39 Å². The molecule has 0 aliphatic carbocycles. The van der Waals surface area contributed by atoms with Crippen molar-refractivity contribution in [3.05, 3.63) is 70.5 Å². The number of amides is 1. The molecule has 1 heterocycles. The van der Waals surface area contributed by atoms with E-state index in [4.69, 9.17) is 16.4 Å². The van der Waals surface area contributed by atoms with E-state index in [1.54, 1.807) is 17.0 Å². The molecular weight excluding hydrogens is 367 g/mol. The van der Waals surface area contributed by atoms with E-state index in [9.17, 15) is 9.18 Å². The van der Waals surface area contributed by atoms with Crippen LogP contribution < -0.4 is 0 Å². The van der Waals surface area contributed by atoms with Gasteiger partial charge in [-0.1, -0.05) is 60.9 Å². The van der Waals surface area contributed by atoms with Gasteiger partial charge in [0.1, 0.15) is 5.82 Å². The van der Waals surface area contributed by atoms with Gasteiger partial charge in [0.2, 0.25) is 5.91 Å². The van der Waals surface area contributed by atoms with E-state index < -0.39 is 0 Å². The van der Waals surface area contributed by atoms with E-state index in [1.807, 2.05) is 38.1 Å². The lowest BCUT2D eigenvalue weighted by atomic mass is 10.0. The normalized spacial score (nSPS) is 16.2. The van der Waals surface area contributed by atoms with Crippen LogP contribution in [0.25, 0.3) is 0 Å². The second-order valence-electron chi connectivity index (χ2n) is 6.94. The summed E-state index contributed by atoms with van der Waals surface area (Å²) >= 11 is 6.26. The Bertz CT molecular complexity index is 854. The fourth-order valence-corrected chi connectivity index (χ4v) is 3.24. The van der Waals surface area contributed by atoms with Crippen molar-refractivity contribution in [3.8, 4) is 0 Å². The zero-order valence-corrected chi connectivity index (χ0v) is 16.1. The van der Waals surface area contributed by atoms with Crippen molar-refractivity contribution in [2.24, 2.45) is 11.1 Å². The first-order valence-electron chi connectivity index (χ1n) is 8.95. The summed E-state index contributed by atoms with van der Waals surface area (Å²) in [6.45, 7) is 4.54. The van der Waals surface area contributed by atoms with Crippen LogP contribution in [0.2, 0.25) is 5.02 Å². The lowest BCUT2D eigenvalue weighted by Gasteiger charge is -2.27. The summed E-state index contributed by atoms with van der Waals surface area (Å²) in [5, 5.41) is 4.72. The summed E-state index contributed by atoms with van der Waals surface area (Å²) in [4.78, 5) is 20.0. The van der Waals surface area contributed by atoms with Crippen molar-refractivity contribution in [2.45, 2.75) is 32.9 Å². The number of rotatable bonds is 6. The summed E-state index contributed by atoms with van der Waals surface area (Å²) in [7, 11) is 0. The van der Waals surface area contributed by atoms with Gasteiger partial charge in [0.25, 0.3) is 0 Å². The molecule has 3 rings (SSSR count). The van der Waals surface area contributed by atoms with Crippen LogP contribution in [0.1, 0.15) is 31.4 Å². The van der Waals surface area contributed by atoms with E-state index in [0.29, 0.717) is 35.8 Å². The lowest BCUT2D eigenvalue weighted by Crippen LogP contribution is -2.39. The number of hydrogen-bond donors (Lipinski definition) is 0. The molecule has 1 amide bonds. The molecule has 0 bridgehead atoms. The highest BCUT2D eigenvalue weighted by atomic mass is 35.5. The smallest absolute Gasteiger partial charge is 0.225 e. The standard InChI is InChI=1S/C21H22ClFN2O2/c1-14(2)21(26)25(12-16-6-3-4-9-19(16)22)13-18-11-20(24-27-18)15-7-5-8-17(23)10-15/h3-10,14,18H,11-13H2,1-2H3/t18-/m1/s1. The number of halogens is 2. The van der Waals surface area contributed by atoms with Crippen molar-refractivity contribution < 1.29 is 14.0 Å². The predicted octanol–water partition coefficient (Wildman–Crippen LogP) is 4.66. The molecule has 2 aromatic rings. The number of nitrogens with zero attached hydrogens (tertiary/aromatic N) is 2. The topological polar surface area (TPSA) is 41.9 Å². The number of hydrogen-bond acceptors (Lipinski definition) is 3. The Kier molecular flexibility index (Phi) is 6.11. The first-order chi connectivity index (χ1) is 12.9. The average molecular weight is 389 g/mol.